The van der Waals surface area contributed by atoms with E-state index in [0.29, 0.717) is 17.6 Å². The number of phenols is 1. The number of anilines is 1. The number of nitrogens with one attached hydrogen (secondary N) is 2. The van der Waals surface area contributed by atoms with E-state index in [1.807, 2.05) is 6.07 Å². The topological polar surface area (TPSA) is 91.4 Å². The van der Waals surface area contributed by atoms with Crippen molar-refractivity contribution in [2.24, 2.45) is 0 Å². The minimum absolute atomic E-state index is 0.0449. The number of ether oxygens (including phenoxy) is 1. The number of hydrogen-bond donors (Lipinski definition) is 3. The second kappa shape index (κ2) is 10.9. The van der Waals surface area contributed by atoms with Crippen LogP contribution < -0.4 is 15.6 Å². The van der Waals surface area contributed by atoms with Crippen LogP contribution >= 0.6 is 0 Å². The molecule has 6 nitrogen and oxygen atoms in total. The maximum atomic E-state index is 13.1. The number of H-pyrrole nitrogens is 1. The summed E-state index contributed by atoms with van der Waals surface area (Å²) in [4.78, 5) is 26.2. The van der Waals surface area contributed by atoms with Crippen molar-refractivity contribution in [3.8, 4) is 17.2 Å². The number of benzene rings is 3. The normalized spacial score (nSPS) is 10.6. The molecule has 1 heterocycles. The predicted molar refractivity (Wildman–Crippen MR) is 121 cm³/mol. The zero-order chi connectivity index (χ0) is 24.6. The number of aromatic hydroxyl groups is 1. The molecule has 0 aliphatic heterocycles. The van der Waals surface area contributed by atoms with Crippen molar-refractivity contribution < 1.29 is 27.8 Å². The highest BCUT2D eigenvalue weighted by Gasteiger charge is 2.32. The van der Waals surface area contributed by atoms with Crippen LogP contribution in [-0.4, -0.2) is 16.0 Å². The van der Waals surface area contributed by atoms with Gasteiger partial charge in [0, 0.05) is 18.0 Å². The molecule has 3 N–H and O–H groups in total. The van der Waals surface area contributed by atoms with Crippen LogP contribution in [0.4, 0.5) is 18.9 Å². The van der Waals surface area contributed by atoms with E-state index in [0.717, 1.165) is 18.2 Å². The summed E-state index contributed by atoms with van der Waals surface area (Å²) in [6.45, 7) is 0. The van der Waals surface area contributed by atoms with Crippen molar-refractivity contribution in [3.05, 3.63) is 119 Å². The number of aromatic amines is 1. The highest BCUT2D eigenvalue weighted by atomic mass is 19.4. The molecular formula is C25H19F3N2O4. The molecule has 0 bridgehead atoms. The lowest BCUT2D eigenvalue weighted by atomic mass is 10.1. The number of hydrogen-bond acceptors (Lipinski definition) is 4. The molecule has 0 fully saturated rings. The molecule has 0 saturated heterocycles. The van der Waals surface area contributed by atoms with Gasteiger partial charge in [0.15, 0.2) is 0 Å². The highest BCUT2D eigenvalue weighted by Crippen LogP contribution is 2.34. The van der Waals surface area contributed by atoms with E-state index in [1.165, 1.54) is 12.3 Å². The maximum Gasteiger partial charge on any atom is 0.416 e. The zero-order valence-electron chi connectivity index (χ0n) is 17.5. The van der Waals surface area contributed by atoms with Crippen molar-refractivity contribution >= 4 is 11.6 Å². The number of halogens is 3. The first-order valence-corrected chi connectivity index (χ1v) is 9.90. The highest BCUT2D eigenvalue weighted by molar-refractivity contribution is 6.06. The number of amides is 1. The Morgan fingerprint density at radius 1 is 0.882 bits per heavy atom. The fourth-order valence-electron chi connectivity index (χ4n) is 2.74. The summed E-state index contributed by atoms with van der Waals surface area (Å²) in [6, 6.07) is 22.2. The van der Waals surface area contributed by atoms with Gasteiger partial charge in [0.2, 0.25) is 5.56 Å². The Balaban J connectivity index is 0.000000396. The third kappa shape index (κ3) is 6.99. The summed E-state index contributed by atoms with van der Waals surface area (Å²) in [5.74, 6) is -0.195. The molecule has 174 valence electrons. The number of phenolic OH excluding ortho intramolecular Hbond substituents is 1. The molecule has 0 unspecified atom stereocenters. The molecule has 4 rings (SSSR count). The van der Waals surface area contributed by atoms with Crippen LogP contribution in [0.1, 0.15) is 15.9 Å². The van der Waals surface area contributed by atoms with Gasteiger partial charge >= 0.3 is 6.18 Å². The van der Waals surface area contributed by atoms with Gasteiger partial charge in [0.1, 0.15) is 17.2 Å². The van der Waals surface area contributed by atoms with E-state index in [1.54, 1.807) is 54.6 Å². The van der Waals surface area contributed by atoms with E-state index in [2.05, 4.69) is 10.3 Å². The standard InChI is InChI=1S/C19H13F3N2O3.C6H6O/c20-19(21,22)12-6-7-16(27-14-4-2-1-3-5-14)15(10-12)18(26)24-13-8-9-23-17(25)11-13;7-6-4-2-1-3-5-6/h1-11H,(H2,23,24,25,26);1-5,7H. The van der Waals surface area contributed by atoms with Crippen molar-refractivity contribution in [1.82, 2.24) is 4.98 Å². The van der Waals surface area contributed by atoms with Crippen LogP contribution in [-0.2, 0) is 6.18 Å². The molecule has 34 heavy (non-hydrogen) atoms. The second-order valence-corrected chi connectivity index (χ2v) is 6.86. The molecule has 4 aromatic rings. The molecule has 0 spiro atoms. The van der Waals surface area contributed by atoms with Crippen molar-refractivity contribution in [2.75, 3.05) is 5.32 Å². The molecule has 0 aliphatic carbocycles. The van der Waals surface area contributed by atoms with Crippen LogP contribution in [0.3, 0.4) is 0 Å². The number of rotatable bonds is 4. The third-order valence-corrected chi connectivity index (χ3v) is 4.31. The summed E-state index contributed by atoms with van der Waals surface area (Å²) in [6.07, 6.45) is -3.31. The van der Waals surface area contributed by atoms with E-state index in [-0.39, 0.29) is 17.0 Å². The van der Waals surface area contributed by atoms with E-state index in [4.69, 9.17) is 9.84 Å². The number of para-hydroxylation sites is 2. The van der Waals surface area contributed by atoms with E-state index < -0.39 is 23.2 Å². The molecular weight excluding hydrogens is 449 g/mol. The monoisotopic (exact) mass is 468 g/mol. The first-order chi connectivity index (χ1) is 16.2. The molecule has 0 radical (unpaired) electrons. The third-order valence-electron chi connectivity index (χ3n) is 4.31. The van der Waals surface area contributed by atoms with Crippen LogP contribution in [0.5, 0.6) is 17.2 Å². The number of aromatic nitrogens is 1. The first-order valence-electron chi connectivity index (χ1n) is 9.90. The van der Waals surface area contributed by atoms with Gasteiger partial charge in [-0.25, -0.2) is 0 Å². The smallest absolute Gasteiger partial charge is 0.416 e. The Kier molecular flexibility index (Phi) is 7.71. The summed E-state index contributed by atoms with van der Waals surface area (Å²) < 4.78 is 44.7. The molecule has 0 saturated carbocycles. The van der Waals surface area contributed by atoms with Gasteiger partial charge in [-0.05, 0) is 48.5 Å². The fourth-order valence-corrected chi connectivity index (χ4v) is 2.74. The zero-order valence-corrected chi connectivity index (χ0v) is 17.5. The summed E-state index contributed by atoms with van der Waals surface area (Å²) >= 11 is 0. The Morgan fingerprint density at radius 3 is 2.09 bits per heavy atom. The molecule has 1 amide bonds. The fraction of sp³-hybridized carbons (Fsp3) is 0.0400. The van der Waals surface area contributed by atoms with Gasteiger partial charge in [-0.3, -0.25) is 9.59 Å². The summed E-state index contributed by atoms with van der Waals surface area (Å²) in [5, 5.41) is 11.0. The van der Waals surface area contributed by atoms with Crippen molar-refractivity contribution in [1.29, 1.82) is 0 Å². The van der Waals surface area contributed by atoms with E-state index in [9.17, 15) is 22.8 Å². The number of carbonyl (C=O) groups excluding carboxylic acids is 1. The van der Waals surface area contributed by atoms with Gasteiger partial charge in [0.05, 0.1) is 11.1 Å². The molecule has 3 aromatic carbocycles. The number of pyridine rings is 1. The SMILES string of the molecule is O=C(Nc1cc[nH]c(=O)c1)c1cc(C(F)(F)F)ccc1Oc1ccccc1.Oc1ccccc1. The van der Waals surface area contributed by atoms with Gasteiger partial charge in [-0.15, -0.1) is 0 Å². The lowest BCUT2D eigenvalue weighted by Crippen LogP contribution is -2.16. The minimum atomic E-state index is -4.62. The lowest BCUT2D eigenvalue weighted by Gasteiger charge is -2.14. The van der Waals surface area contributed by atoms with Gasteiger partial charge < -0.3 is 20.1 Å². The molecule has 1 aromatic heterocycles. The Bertz CT molecular complexity index is 1290. The average Bonchev–Trinajstić information content (AvgIpc) is 2.80. The van der Waals surface area contributed by atoms with Crippen LogP contribution in [0.2, 0.25) is 0 Å². The van der Waals surface area contributed by atoms with Crippen LogP contribution in [0, 0.1) is 0 Å². The minimum Gasteiger partial charge on any atom is -0.508 e. The average molecular weight is 468 g/mol. The number of carbonyl (C=O) groups is 1. The Labute approximate surface area is 192 Å². The Hall–Kier alpha value is -4.53. The second-order valence-electron chi connectivity index (χ2n) is 6.86. The molecule has 9 heteroatoms. The number of alkyl halides is 3. The van der Waals surface area contributed by atoms with E-state index >= 15 is 0 Å². The van der Waals surface area contributed by atoms with Gasteiger partial charge in [-0.2, -0.15) is 13.2 Å². The van der Waals surface area contributed by atoms with Crippen molar-refractivity contribution in [2.45, 2.75) is 6.18 Å². The lowest BCUT2D eigenvalue weighted by molar-refractivity contribution is -0.137. The van der Waals surface area contributed by atoms with Crippen LogP contribution in [0.15, 0.2) is 102 Å². The van der Waals surface area contributed by atoms with Crippen molar-refractivity contribution in [3.63, 3.8) is 0 Å². The van der Waals surface area contributed by atoms with Gasteiger partial charge in [0.25, 0.3) is 5.91 Å². The van der Waals surface area contributed by atoms with Crippen LogP contribution in [0.25, 0.3) is 0 Å². The molecule has 0 aliphatic rings. The first kappa shape index (κ1) is 24.1. The molecule has 0 atom stereocenters. The Morgan fingerprint density at radius 2 is 1.53 bits per heavy atom. The summed E-state index contributed by atoms with van der Waals surface area (Å²) in [7, 11) is 0. The van der Waals surface area contributed by atoms with Gasteiger partial charge in [-0.1, -0.05) is 36.4 Å². The quantitative estimate of drug-likeness (QED) is 0.351. The predicted octanol–water partition coefficient (Wildman–Crippen LogP) is 5.83. The largest absolute Gasteiger partial charge is 0.508 e. The maximum absolute atomic E-state index is 13.1. The summed E-state index contributed by atoms with van der Waals surface area (Å²) in [5.41, 5.74) is -1.61.